The maximum atomic E-state index is 3.64. The minimum Gasteiger partial charge on any atom is -0.314 e. The van der Waals surface area contributed by atoms with E-state index in [1.807, 2.05) is 0 Å². The van der Waals surface area contributed by atoms with E-state index in [1.165, 1.54) is 22.9 Å². The lowest BCUT2D eigenvalue weighted by atomic mass is 9.92. The molecule has 0 heterocycles. The van der Waals surface area contributed by atoms with Gasteiger partial charge < -0.3 is 5.32 Å². The van der Waals surface area contributed by atoms with Crippen LogP contribution in [0.25, 0.3) is 0 Å². The van der Waals surface area contributed by atoms with Gasteiger partial charge in [-0.3, -0.25) is 0 Å². The highest BCUT2D eigenvalue weighted by Gasteiger charge is 2.15. The molecular formula is C15H24BrN. The molecule has 0 fully saturated rings. The minimum atomic E-state index is 0.627. The lowest BCUT2D eigenvalue weighted by Crippen LogP contribution is -2.35. The highest BCUT2D eigenvalue weighted by Crippen LogP contribution is 2.21. The predicted octanol–water partition coefficient (Wildman–Crippen LogP) is 4.41. The van der Waals surface area contributed by atoms with Crippen molar-refractivity contribution in [2.75, 3.05) is 6.54 Å². The third-order valence-corrected chi connectivity index (χ3v) is 4.06. The van der Waals surface area contributed by atoms with E-state index in [9.17, 15) is 0 Å². The Morgan fingerprint density at radius 2 is 1.94 bits per heavy atom. The van der Waals surface area contributed by atoms with E-state index in [0.29, 0.717) is 12.0 Å². The predicted molar refractivity (Wildman–Crippen MR) is 79.4 cm³/mol. The van der Waals surface area contributed by atoms with Crippen molar-refractivity contribution in [3.63, 3.8) is 0 Å². The van der Waals surface area contributed by atoms with E-state index in [0.717, 1.165) is 13.0 Å². The largest absolute Gasteiger partial charge is 0.314 e. The first-order valence-electron chi connectivity index (χ1n) is 6.65. The molecule has 1 aromatic rings. The van der Waals surface area contributed by atoms with Gasteiger partial charge in [-0.25, -0.2) is 0 Å². The molecule has 0 amide bonds. The molecule has 1 nitrogen and oxygen atoms in total. The third-order valence-electron chi connectivity index (χ3n) is 3.28. The highest BCUT2D eigenvalue weighted by molar-refractivity contribution is 9.10. The van der Waals surface area contributed by atoms with Crippen LogP contribution in [-0.4, -0.2) is 12.6 Å². The highest BCUT2D eigenvalue weighted by atomic mass is 79.9. The van der Waals surface area contributed by atoms with E-state index in [4.69, 9.17) is 0 Å². The molecule has 0 bridgehead atoms. The Labute approximate surface area is 114 Å². The van der Waals surface area contributed by atoms with Crippen molar-refractivity contribution in [3.05, 3.63) is 34.3 Å². The summed E-state index contributed by atoms with van der Waals surface area (Å²) in [6, 6.07) is 9.16. The zero-order valence-electron chi connectivity index (χ0n) is 11.2. The fourth-order valence-electron chi connectivity index (χ4n) is 2.23. The Balaban J connectivity index is 2.57. The van der Waals surface area contributed by atoms with Crippen LogP contribution in [-0.2, 0) is 6.42 Å². The van der Waals surface area contributed by atoms with Gasteiger partial charge in [-0.15, -0.1) is 0 Å². The number of hydrogen-bond donors (Lipinski definition) is 1. The third kappa shape index (κ3) is 4.81. The first-order chi connectivity index (χ1) is 8.19. The van der Waals surface area contributed by atoms with E-state index >= 15 is 0 Å². The van der Waals surface area contributed by atoms with Crippen LogP contribution >= 0.6 is 15.9 Å². The molecule has 2 heteroatoms. The average Bonchev–Trinajstić information content (AvgIpc) is 2.33. The van der Waals surface area contributed by atoms with Crippen LogP contribution in [0.3, 0.4) is 0 Å². The van der Waals surface area contributed by atoms with Crippen LogP contribution in [0.2, 0.25) is 0 Å². The van der Waals surface area contributed by atoms with Crippen molar-refractivity contribution in [1.29, 1.82) is 0 Å². The number of hydrogen-bond acceptors (Lipinski definition) is 1. The molecule has 17 heavy (non-hydrogen) atoms. The van der Waals surface area contributed by atoms with Crippen LogP contribution in [0.4, 0.5) is 0 Å². The van der Waals surface area contributed by atoms with Crippen LogP contribution in [0.15, 0.2) is 28.7 Å². The molecule has 0 aromatic heterocycles. The molecule has 0 saturated carbocycles. The van der Waals surface area contributed by atoms with Crippen molar-refractivity contribution < 1.29 is 0 Å². The maximum Gasteiger partial charge on any atom is 0.0207 e. The normalized spacial score (nSPS) is 14.6. The van der Waals surface area contributed by atoms with Gasteiger partial charge in [-0.1, -0.05) is 54.9 Å². The minimum absolute atomic E-state index is 0.627. The summed E-state index contributed by atoms with van der Waals surface area (Å²) in [6.07, 6.45) is 3.54. The quantitative estimate of drug-likeness (QED) is 0.786. The first kappa shape index (κ1) is 14.7. The fourth-order valence-corrected chi connectivity index (χ4v) is 2.68. The molecule has 0 radical (unpaired) electrons. The summed E-state index contributed by atoms with van der Waals surface area (Å²) in [5, 5.41) is 3.64. The zero-order valence-corrected chi connectivity index (χ0v) is 12.8. The van der Waals surface area contributed by atoms with E-state index in [2.05, 4.69) is 66.3 Å². The molecule has 1 rings (SSSR count). The number of rotatable bonds is 7. The molecule has 1 aromatic carbocycles. The topological polar surface area (TPSA) is 12.0 Å². The Hall–Kier alpha value is -0.340. The molecule has 1 N–H and O–H groups in total. The second kappa shape index (κ2) is 7.88. The van der Waals surface area contributed by atoms with Crippen molar-refractivity contribution >= 4 is 15.9 Å². The second-order valence-corrected chi connectivity index (χ2v) is 5.60. The Morgan fingerprint density at radius 1 is 1.24 bits per heavy atom. The summed E-state index contributed by atoms with van der Waals surface area (Å²) >= 11 is 3.63. The van der Waals surface area contributed by atoms with Gasteiger partial charge in [0, 0.05) is 10.5 Å². The summed E-state index contributed by atoms with van der Waals surface area (Å²) in [5.41, 5.74) is 1.41. The molecule has 96 valence electrons. The van der Waals surface area contributed by atoms with Gasteiger partial charge in [-0.2, -0.15) is 0 Å². The van der Waals surface area contributed by atoms with Gasteiger partial charge in [0.1, 0.15) is 0 Å². The molecule has 2 unspecified atom stereocenters. The van der Waals surface area contributed by atoms with E-state index in [-0.39, 0.29) is 0 Å². The van der Waals surface area contributed by atoms with E-state index in [1.54, 1.807) is 0 Å². The SMILES string of the molecule is CCCNC(CC)C(C)Cc1ccccc1Br. The lowest BCUT2D eigenvalue weighted by Gasteiger charge is -2.24. The molecule has 0 aliphatic rings. The number of benzene rings is 1. The average molecular weight is 298 g/mol. The summed E-state index contributed by atoms with van der Waals surface area (Å²) in [7, 11) is 0. The number of nitrogens with one attached hydrogen (secondary N) is 1. The van der Waals surface area contributed by atoms with E-state index < -0.39 is 0 Å². The second-order valence-electron chi connectivity index (χ2n) is 4.74. The van der Waals surface area contributed by atoms with Crippen LogP contribution in [0.5, 0.6) is 0 Å². The smallest absolute Gasteiger partial charge is 0.0207 e. The molecule has 0 saturated heterocycles. The zero-order chi connectivity index (χ0) is 12.7. The lowest BCUT2D eigenvalue weighted by molar-refractivity contribution is 0.364. The monoisotopic (exact) mass is 297 g/mol. The summed E-state index contributed by atoms with van der Waals surface area (Å²) in [4.78, 5) is 0. The summed E-state index contributed by atoms with van der Waals surface area (Å²) in [6.45, 7) is 7.96. The van der Waals surface area contributed by atoms with Gasteiger partial charge in [0.15, 0.2) is 0 Å². The van der Waals surface area contributed by atoms with Crippen LogP contribution in [0, 0.1) is 5.92 Å². The Kier molecular flexibility index (Phi) is 6.83. The first-order valence-corrected chi connectivity index (χ1v) is 7.45. The molecular weight excluding hydrogens is 274 g/mol. The van der Waals surface area contributed by atoms with Gasteiger partial charge in [0.2, 0.25) is 0 Å². The van der Waals surface area contributed by atoms with Gasteiger partial charge in [0.05, 0.1) is 0 Å². The molecule has 0 aliphatic carbocycles. The van der Waals surface area contributed by atoms with Crippen molar-refractivity contribution in [2.24, 2.45) is 5.92 Å². The van der Waals surface area contributed by atoms with Gasteiger partial charge in [0.25, 0.3) is 0 Å². The van der Waals surface area contributed by atoms with Gasteiger partial charge >= 0.3 is 0 Å². The van der Waals surface area contributed by atoms with Crippen LogP contribution < -0.4 is 5.32 Å². The van der Waals surface area contributed by atoms with Crippen LogP contribution in [0.1, 0.15) is 39.2 Å². The maximum absolute atomic E-state index is 3.64. The van der Waals surface area contributed by atoms with Crippen molar-refractivity contribution in [3.8, 4) is 0 Å². The van der Waals surface area contributed by atoms with Crippen molar-refractivity contribution in [2.45, 2.75) is 46.1 Å². The Bertz CT molecular complexity index is 324. The summed E-state index contributed by atoms with van der Waals surface area (Å²) < 4.78 is 1.23. The molecule has 2 atom stereocenters. The van der Waals surface area contributed by atoms with Crippen molar-refractivity contribution in [1.82, 2.24) is 5.32 Å². The molecule has 0 spiro atoms. The molecule has 0 aliphatic heterocycles. The Morgan fingerprint density at radius 3 is 2.53 bits per heavy atom. The summed E-state index contributed by atoms with van der Waals surface area (Å²) in [5.74, 6) is 0.672. The standard InChI is InChI=1S/C15H24BrN/c1-4-10-17-15(5-2)12(3)11-13-8-6-7-9-14(13)16/h6-9,12,15,17H,4-5,10-11H2,1-3H3. The number of halogens is 1. The fraction of sp³-hybridized carbons (Fsp3) is 0.600. The van der Waals surface area contributed by atoms with Gasteiger partial charge in [-0.05, 0) is 43.4 Å².